The first-order valence-corrected chi connectivity index (χ1v) is 6.51. The van der Waals surface area contributed by atoms with Crippen LogP contribution in [0.25, 0.3) is 0 Å². The number of hydrogen-bond acceptors (Lipinski definition) is 5. The Kier molecular flexibility index (Phi) is 5.21. The van der Waals surface area contributed by atoms with Crippen molar-refractivity contribution in [1.82, 2.24) is 0 Å². The molecule has 3 unspecified atom stereocenters. The van der Waals surface area contributed by atoms with Crippen LogP contribution in [0.5, 0.6) is 17.2 Å². The van der Waals surface area contributed by atoms with Crippen molar-refractivity contribution in [3.05, 3.63) is 17.7 Å². The third kappa shape index (κ3) is 3.54. The van der Waals surface area contributed by atoms with Crippen molar-refractivity contribution in [3.63, 3.8) is 0 Å². The fourth-order valence-electron chi connectivity index (χ4n) is 2.46. The smallest absolute Gasteiger partial charge is 0.320 e. The molecule has 0 fully saturated rings. The molecule has 1 aromatic carbocycles. The van der Waals surface area contributed by atoms with Gasteiger partial charge in [-0.05, 0) is 18.3 Å². The van der Waals surface area contributed by atoms with Crippen molar-refractivity contribution in [2.24, 2.45) is 11.7 Å². The molecule has 1 aromatic rings. The number of benzene rings is 1. The zero-order valence-electron chi connectivity index (χ0n) is 11.6. The summed E-state index contributed by atoms with van der Waals surface area (Å²) in [5.74, 6) is -2.12. The topological polar surface area (TPSA) is 124 Å². The molecule has 0 bridgehead atoms. The standard InChI is InChI=1S/C14H21NO5/c1-3-8(4-10(15)14(19)20)7(2)13-11(17)5-9(16)6-12(13)18/h5-8,10,16-18H,3-4,15H2,1-2H3,(H,19,20). The van der Waals surface area contributed by atoms with Crippen LogP contribution in [-0.2, 0) is 4.79 Å². The minimum atomic E-state index is -1.07. The van der Waals surface area contributed by atoms with Gasteiger partial charge in [0.1, 0.15) is 23.3 Å². The van der Waals surface area contributed by atoms with E-state index in [1.807, 2.05) is 6.92 Å². The van der Waals surface area contributed by atoms with E-state index in [2.05, 4.69) is 0 Å². The Balaban J connectivity index is 3.02. The summed E-state index contributed by atoms with van der Waals surface area (Å²) in [6, 6.07) is 1.31. The molecule has 0 radical (unpaired) electrons. The fraction of sp³-hybridized carbons (Fsp3) is 0.500. The fourth-order valence-corrected chi connectivity index (χ4v) is 2.46. The van der Waals surface area contributed by atoms with Gasteiger partial charge in [-0.2, -0.15) is 0 Å². The van der Waals surface area contributed by atoms with E-state index < -0.39 is 12.0 Å². The first-order valence-electron chi connectivity index (χ1n) is 6.51. The zero-order chi connectivity index (χ0) is 15.4. The average molecular weight is 283 g/mol. The van der Waals surface area contributed by atoms with E-state index in [4.69, 9.17) is 10.8 Å². The number of hydrogen-bond donors (Lipinski definition) is 5. The van der Waals surface area contributed by atoms with Crippen LogP contribution in [0.1, 0.15) is 38.2 Å². The van der Waals surface area contributed by atoms with E-state index in [1.54, 1.807) is 6.92 Å². The lowest BCUT2D eigenvalue weighted by Crippen LogP contribution is -2.33. The summed E-state index contributed by atoms with van der Waals surface area (Å²) in [5.41, 5.74) is 5.84. The second-order valence-corrected chi connectivity index (χ2v) is 5.04. The Hall–Kier alpha value is -1.95. The van der Waals surface area contributed by atoms with Gasteiger partial charge in [0.15, 0.2) is 0 Å². The van der Waals surface area contributed by atoms with Crippen LogP contribution in [-0.4, -0.2) is 32.4 Å². The number of phenolic OH excluding ortho intramolecular Hbond substituents is 3. The van der Waals surface area contributed by atoms with Crippen LogP contribution >= 0.6 is 0 Å². The summed E-state index contributed by atoms with van der Waals surface area (Å²) in [6.45, 7) is 3.68. The Morgan fingerprint density at radius 3 is 2.15 bits per heavy atom. The van der Waals surface area contributed by atoms with Crippen molar-refractivity contribution in [3.8, 4) is 17.2 Å². The maximum absolute atomic E-state index is 10.8. The highest BCUT2D eigenvalue weighted by atomic mass is 16.4. The Bertz CT molecular complexity index is 465. The third-order valence-corrected chi connectivity index (χ3v) is 3.68. The van der Waals surface area contributed by atoms with Gasteiger partial charge in [0.2, 0.25) is 0 Å². The Labute approximate surface area is 117 Å². The number of phenols is 3. The predicted molar refractivity (Wildman–Crippen MR) is 73.9 cm³/mol. The lowest BCUT2D eigenvalue weighted by atomic mass is 9.81. The second-order valence-electron chi connectivity index (χ2n) is 5.04. The summed E-state index contributed by atoms with van der Waals surface area (Å²) < 4.78 is 0. The summed E-state index contributed by atoms with van der Waals surface area (Å²) in [5, 5.41) is 37.9. The summed E-state index contributed by atoms with van der Waals surface area (Å²) in [6.07, 6.45) is 0.897. The van der Waals surface area contributed by atoms with E-state index in [9.17, 15) is 20.1 Å². The number of aliphatic carboxylic acids is 1. The Morgan fingerprint density at radius 1 is 1.25 bits per heavy atom. The number of carboxylic acids is 1. The van der Waals surface area contributed by atoms with Gasteiger partial charge in [0, 0.05) is 17.7 Å². The molecule has 0 amide bonds. The number of carbonyl (C=O) groups is 1. The number of nitrogens with two attached hydrogens (primary N) is 1. The first-order chi connectivity index (χ1) is 9.27. The maximum atomic E-state index is 10.8. The van der Waals surface area contributed by atoms with E-state index >= 15 is 0 Å². The van der Waals surface area contributed by atoms with Crippen LogP contribution in [0, 0.1) is 5.92 Å². The van der Waals surface area contributed by atoms with Crippen molar-refractivity contribution in [1.29, 1.82) is 0 Å². The predicted octanol–water partition coefficient (Wildman–Crippen LogP) is 1.74. The van der Waals surface area contributed by atoms with E-state index in [1.165, 1.54) is 0 Å². The van der Waals surface area contributed by atoms with Crippen molar-refractivity contribution in [2.75, 3.05) is 0 Å². The molecule has 1 rings (SSSR count). The molecule has 3 atom stereocenters. The molecule has 0 aliphatic heterocycles. The molecule has 0 saturated carbocycles. The summed E-state index contributed by atoms with van der Waals surface area (Å²) in [7, 11) is 0. The number of carboxylic acid groups (broad SMARTS) is 1. The molecule has 112 valence electrons. The van der Waals surface area contributed by atoms with Gasteiger partial charge in [-0.3, -0.25) is 4.79 Å². The van der Waals surface area contributed by atoms with Crippen LogP contribution in [0.2, 0.25) is 0 Å². The van der Waals surface area contributed by atoms with Gasteiger partial charge >= 0.3 is 5.97 Å². The molecular formula is C14H21NO5. The van der Waals surface area contributed by atoms with Crippen molar-refractivity contribution in [2.45, 2.75) is 38.6 Å². The zero-order valence-corrected chi connectivity index (χ0v) is 11.6. The van der Waals surface area contributed by atoms with Gasteiger partial charge < -0.3 is 26.2 Å². The van der Waals surface area contributed by atoms with Crippen molar-refractivity contribution >= 4 is 5.97 Å². The maximum Gasteiger partial charge on any atom is 0.320 e. The molecular weight excluding hydrogens is 262 g/mol. The third-order valence-electron chi connectivity index (χ3n) is 3.68. The number of rotatable bonds is 6. The van der Waals surface area contributed by atoms with Crippen LogP contribution < -0.4 is 5.73 Å². The van der Waals surface area contributed by atoms with E-state index in [0.717, 1.165) is 12.1 Å². The minimum absolute atomic E-state index is 0.109. The monoisotopic (exact) mass is 283 g/mol. The highest BCUT2D eigenvalue weighted by Gasteiger charge is 2.27. The molecule has 6 N–H and O–H groups in total. The van der Waals surface area contributed by atoms with Crippen molar-refractivity contribution < 1.29 is 25.2 Å². The second kappa shape index (κ2) is 6.47. The first kappa shape index (κ1) is 16.1. The summed E-state index contributed by atoms with van der Waals surface area (Å²) >= 11 is 0. The SMILES string of the molecule is CCC(CC(N)C(=O)O)C(C)c1c(O)cc(O)cc1O. The average Bonchev–Trinajstić information content (AvgIpc) is 2.33. The molecule has 20 heavy (non-hydrogen) atoms. The lowest BCUT2D eigenvalue weighted by molar-refractivity contribution is -0.139. The van der Waals surface area contributed by atoms with Gasteiger partial charge in [0.05, 0.1) is 0 Å². The Morgan fingerprint density at radius 2 is 1.75 bits per heavy atom. The van der Waals surface area contributed by atoms with Crippen LogP contribution in [0.15, 0.2) is 12.1 Å². The molecule has 0 aliphatic rings. The summed E-state index contributed by atoms with van der Waals surface area (Å²) in [4.78, 5) is 10.8. The van der Waals surface area contributed by atoms with Gasteiger partial charge in [-0.25, -0.2) is 0 Å². The molecule has 0 saturated heterocycles. The number of aromatic hydroxyl groups is 3. The molecule has 0 aromatic heterocycles. The van der Waals surface area contributed by atoms with Gasteiger partial charge in [-0.1, -0.05) is 20.3 Å². The molecule has 6 heteroatoms. The normalized spacial score (nSPS) is 15.6. The van der Waals surface area contributed by atoms with Crippen LogP contribution in [0.3, 0.4) is 0 Å². The highest BCUT2D eigenvalue weighted by Crippen LogP contribution is 2.42. The van der Waals surface area contributed by atoms with E-state index in [-0.39, 0.29) is 35.5 Å². The highest BCUT2D eigenvalue weighted by molar-refractivity contribution is 5.73. The molecule has 6 nitrogen and oxygen atoms in total. The van der Waals surface area contributed by atoms with Gasteiger partial charge in [-0.15, -0.1) is 0 Å². The lowest BCUT2D eigenvalue weighted by Gasteiger charge is -2.26. The quantitative estimate of drug-likeness (QED) is 0.541. The van der Waals surface area contributed by atoms with E-state index in [0.29, 0.717) is 12.0 Å². The molecule has 0 aliphatic carbocycles. The minimum Gasteiger partial charge on any atom is -0.508 e. The van der Waals surface area contributed by atoms with Gasteiger partial charge in [0.25, 0.3) is 0 Å². The largest absolute Gasteiger partial charge is 0.508 e. The molecule has 0 spiro atoms. The molecule has 0 heterocycles. The van der Waals surface area contributed by atoms with Crippen LogP contribution in [0.4, 0.5) is 0 Å².